The van der Waals surface area contributed by atoms with Crippen LogP contribution in [-0.4, -0.2) is 13.1 Å². The summed E-state index contributed by atoms with van der Waals surface area (Å²) < 4.78 is 0. The SMILES string of the molecule is [B]NC(N)=S. The monoisotopic (exact) mass is 86.0 g/mol. The van der Waals surface area contributed by atoms with Gasteiger partial charge in [-0.15, -0.1) is 0 Å². The van der Waals surface area contributed by atoms with E-state index in [-0.39, 0.29) is 5.11 Å². The molecular weight excluding hydrogens is 82.9 g/mol. The minimum atomic E-state index is 0.116. The first-order chi connectivity index (χ1) is 2.27. The van der Waals surface area contributed by atoms with Crippen LogP contribution < -0.4 is 11.0 Å². The van der Waals surface area contributed by atoms with Gasteiger partial charge >= 0.3 is 0 Å². The maximum Gasteiger partial charge on any atom is 0.225 e. The molecule has 0 heterocycles. The maximum absolute atomic E-state index is 4.79. The van der Waals surface area contributed by atoms with Crippen molar-refractivity contribution in [2.45, 2.75) is 0 Å². The van der Waals surface area contributed by atoms with Crippen molar-refractivity contribution >= 4 is 25.3 Å². The van der Waals surface area contributed by atoms with Crippen molar-refractivity contribution in [3.05, 3.63) is 0 Å². The molecule has 0 amide bonds. The minimum Gasteiger partial charge on any atom is -0.416 e. The van der Waals surface area contributed by atoms with E-state index in [0.717, 1.165) is 0 Å². The van der Waals surface area contributed by atoms with Gasteiger partial charge in [0, 0.05) is 0 Å². The zero-order valence-corrected chi connectivity index (χ0v) is 3.38. The lowest BCUT2D eigenvalue weighted by Crippen LogP contribution is -2.25. The Morgan fingerprint density at radius 3 is 2.20 bits per heavy atom. The fourth-order valence-corrected chi connectivity index (χ4v) is 0. The average molecular weight is 85.9 g/mol. The molecule has 2 nitrogen and oxygen atoms in total. The molecule has 3 N–H and O–H groups in total. The highest BCUT2D eigenvalue weighted by molar-refractivity contribution is 7.80. The Hall–Kier alpha value is -0.245. The quantitative estimate of drug-likeness (QED) is 0.290. The van der Waals surface area contributed by atoms with Crippen LogP contribution in [0.1, 0.15) is 0 Å². The van der Waals surface area contributed by atoms with E-state index in [2.05, 4.69) is 20.2 Å². The zero-order chi connectivity index (χ0) is 4.28. The lowest BCUT2D eigenvalue weighted by molar-refractivity contribution is 1.48. The van der Waals surface area contributed by atoms with Crippen LogP contribution in [0.2, 0.25) is 0 Å². The van der Waals surface area contributed by atoms with Crippen LogP contribution in [0.3, 0.4) is 0 Å². The Bertz CT molecular complexity index is 44.9. The Labute approximate surface area is 37.2 Å². The van der Waals surface area contributed by atoms with Crippen LogP contribution in [0.5, 0.6) is 0 Å². The van der Waals surface area contributed by atoms with E-state index in [1.165, 1.54) is 0 Å². The van der Waals surface area contributed by atoms with E-state index in [0.29, 0.717) is 0 Å². The van der Waals surface area contributed by atoms with Crippen LogP contribution in [-0.2, 0) is 0 Å². The second-order valence-corrected chi connectivity index (χ2v) is 0.948. The molecule has 0 fully saturated rings. The zero-order valence-electron chi connectivity index (χ0n) is 2.56. The third kappa shape index (κ3) is 3.75. The van der Waals surface area contributed by atoms with E-state index in [1.54, 1.807) is 0 Å². The molecule has 0 aliphatic heterocycles. The Kier molecular flexibility index (Phi) is 1.92. The first-order valence-corrected chi connectivity index (χ1v) is 1.44. The average Bonchev–Trinajstić information content (AvgIpc) is 1.38. The topological polar surface area (TPSA) is 38.0 Å². The van der Waals surface area contributed by atoms with Crippen molar-refractivity contribution in [2.75, 3.05) is 0 Å². The molecular formula is CH3BN2S. The van der Waals surface area contributed by atoms with Crippen molar-refractivity contribution in [1.82, 2.24) is 5.23 Å². The van der Waals surface area contributed by atoms with E-state index in [4.69, 9.17) is 5.73 Å². The van der Waals surface area contributed by atoms with E-state index in [1.807, 2.05) is 5.23 Å². The molecule has 5 heavy (non-hydrogen) atoms. The van der Waals surface area contributed by atoms with Gasteiger partial charge in [-0.1, -0.05) is 0 Å². The normalized spacial score (nSPS) is 6.40. The van der Waals surface area contributed by atoms with Crippen LogP contribution in [0.25, 0.3) is 0 Å². The molecule has 2 radical (unpaired) electrons. The summed E-state index contributed by atoms with van der Waals surface area (Å²) in [5, 5.41) is 2.15. The van der Waals surface area contributed by atoms with Gasteiger partial charge in [0.05, 0.1) is 0 Å². The van der Waals surface area contributed by atoms with Crippen LogP contribution in [0.15, 0.2) is 0 Å². The summed E-state index contributed by atoms with van der Waals surface area (Å²) in [6.07, 6.45) is 0. The lowest BCUT2D eigenvalue weighted by Gasteiger charge is -1.85. The number of thiocarbonyl (C=S) groups is 1. The lowest BCUT2D eigenvalue weighted by atomic mass is 10.5. The first kappa shape index (κ1) is 4.75. The standard InChI is InChI=1S/CH3BN2S/c2-4-1(3)5/h(H3,3,4,5). The molecule has 0 spiro atoms. The van der Waals surface area contributed by atoms with Gasteiger partial charge in [0.2, 0.25) is 7.98 Å². The Morgan fingerprint density at radius 2 is 2.20 bits per heavy atom. The smallest absolute Gasteiger partial charge is 0.225 e. The molecule has 0 aromatic heterocycles. The van der Waals surface area contributed by atoms with Crippen molar-refractivity contribution < 1.29 is 0 Å². The number of nitrogens with one attached hydrogen (secondary N) is 1. The van der Waals surface area contributed by atoms with Crippen LogP contribution >= 0.6 is 12.2 Å². The largest absolute Gasteiger partial charge is 0.416 e. The van der Waals surface area contributed by atoms with Gasteiger partial charge in [0.25, 0.3) is 0 Å². The van der Waals surface area contributed by atoms with E-state index in [9.17, 15) is 0 Å². The molecule has 0 aromatic carbocycles. The minimum absolute atomic E-state index is 0.116. The van der Waals surface area contributed by atoms with Gasteiger partial charge in [-0.2, -0.15) is 0 Å². The Morgan fingerprint density at radius 1 is 2.00 bits per heavy atom. The number of nitrogens with two attached hydrogens (primary N) is 1. The fourth-order valence-electron chi connectivity index (χ4n) is 0. The number of hydrogen-bond donors (Lipinski definition) is 2. The predicted molar refractivity (Wildman–Crippen MR) is 25.7 cm³/mol. The third-order valence-corrected chi connectivity index (χ3v) is 0.260. The summed E-state index contributed by atoms with van der Waals surface area (Å²) in [7, 11) is 4.66. The van der Waals surface area contributed by atoms with E-state index < -0.39 is 0 Å². The highest BCUT2D eigenvalue weighted by Gasteiger charge is 1.66. The fraction of sp³-hybridized carbons (Fsp3) is 0. The molecule has 26 valence electrons. The van der Waals surface area contributed by atoms with Gasteiger partial charge in [-0.05, 0) is 12.2 Å². The predicted octanol–water partition coefficient (Wildman–Crippen LogP) is -1.10. The van der Waals surface area contributed by atoms with Crippen LogP contribution in [0, 0.1) is 0 Å². The van der Waals surface area contributed by atoms with Crippen molar-refractivity contribution in [3.8, 4) is 0 Å². The molecule has 0 atom stereocenters. The molecule has 0 aromatic rings. The Balaban J connectivity index is 2.85. The highest BCUT2D eigenvalue weighted by atomic mass is 32.1. The van der Waals surface area contributed by atoms with Crippen molar-refractivity contribution in [2.24, 2.45) is 5.73 Å². The van der Waals surface area contributed by atoms with Gasteiger partial charge in [-0.3, -0.25) is 0 Å². The summed E-state index contributed by atoms with van der Waals surface area (Å²) in [4.78, 5) is 0. The summed E-state index contributed by atoms with van der Waals surface area (Å²) in [5.74, 6) is 0. The molecule has 0 unspecified atom stereocenters. The summed E-state index contributed by atoms with van der Waals surface area (Å²) in [6.45, 7) is 0. The third-order valence-electron chi connectivity index (χ3n) is 0.142. The van der Waals surface area contributed by atoms with Gasteiger partial charge in [0.1, 0.15) is 0 Å². The molecule has 0 aliphatic rings. The summed E-state index contributed by atoms with van der Waals surface area (Å²) in [6, 6.07) is 0. The van der Waals surface area contributed by atoms with Crippen molar-refractivity contribution in [3.63, 3.8) is 0 Å². The van der Waals surface area contributed by atoms with E-state index >= 15 is 0 Å². The molecule has 0 saturated heterocycles. The van der Waals surface area contributed by atoms with Gasteiger partial charge < -0.3 is 11.0 Å². The molecule has 4 heteroatoms. The van der Waals surface area contributed by atoms with Gasteiger partial charge in [-0.25, -0.2) is 0 Å². The number of hydrogen-bond acceptors (Lipinski definition) is 1. The maximum atomic E-state index is 4.79. The van der Waals surface area contributed by atoms with Gasteiger partial charge in [0.15, 0.2) is 5.11 Å². The van der Waals surface area contributed by atoms with Crippen molar-refractivity contribution in [1.29, 1.82) is 0 Å². The summed E-state index contributed by atoms with van der Waals surface area (Å²) >= 11 is 4.24. The molecule has 0 rings (SSSR count). The second-order valence-electron chi connectivity index (χ2n) is 0.509. The second kappa shape index (κ2) is 2.02. The molecule has 0 bridgehead atoms. The molecule has 0 aliphatic carbocycles. The van der Waals surface area contributed by atoms with Crippen LogP contribution in [0.4, 0.5) is 0 Å². The highest BCUT2D eigenvalue weighted by Crippen LogP contribution is 1.42. The first-order valence-electron chi connectivity index (χ1n) is 1.03. The molecule has 0 saturated carbocycles. The summed E-state index contributed by atoms with van der Waals surface area (Å²) in [5.41, 5.74) is 4.79. The number of rotatable bonds is 0.